The summed E-state index contributed by atoms with van der Waals surface area (Å²) in [6, 6.07) is 10.7. The van der Waals surface area contributed by atoms with Crippen molar-refractivity contribution >= 4 is 11.6 Å². The highest BCUT2D eigenvalue weighted by Crippen LogP contribution is 2.19. The second-order valence-electron chi connectivity index (χ2n) is 6.75. The zero-order valence-corrected chi connectivity index (χ0v) is 16.4. The number of rotatable bonds is 8. The van der Waals surface area contributed by atoms with Gasteiger partial charge in [-0.05, 0) is 57.1 Å². The van der Waals surface area contributed by atoms with E-state index in [4.69, 9.17) is 14.2 Å². The third-order valence-corrected chi connectivity index (χ3v) is 4.48. The minimum atomic E-state index is -0.250. The maximum atomic E-state index is 12.1. The van der Waals surface area contributed by atoms with Crippen LogP contribution < -0.4 is 19.5 Å². The Labute approximate surface area is 165 Å². The minimum Gasteiger partial charge on any atom is -0.494 e. The Hall–Kier alpha value is -2.80. The molecule has 0 aliphatic carbocycles. The third kappa shape index (κ3) is 6.13. The Morgan fingerprint density at radius 3 is 2.39 bits per heavy atom. The predicted octanol–water partition coefficient (Wildman–Crippen LogP) is 2.97. The van der Waals surface area contributed by atoms with Gasteiger partial charge < -0.3 is 24.4 Å². The molecule has 1 fully saturated rings. The van der Waals surface area contributed by atoms with Gasteiger partial charge in [-0.3, -0.25) is 4.79 Å². The molecule has 3 rings (SSSR count). The average molecular weight is 385 g/mol. The van der Waals surface area contributed by atoms with Gasteiger partial charge in [0.15, 0.2) is 6.61 Å². The first-order valence-electron chi connectivity index (χ1n) is 9.59. The number of carbonyl (C=O) groups excluding carboxylic acids is 1. The Morgan fingerprint density at radius 2 is 1.79 bits per heavy atom. The third-order valence-electron chi connectivity index (χ3n) is 4.48. The van der Waals surface area contributed by atoms with E-state index in [1.807, 2.05) is 19.1 Å². The van der Waals surface area contributed by atoms with Gasteiger partial charge in [0.25, 0.3) is 5.91 Å². The largest absolute Gasteiger partial charge is 0.494 e. The van der Waals surface area contributed by atoms with Crippen LogP contribution in [-0.2, 0) is 4.79 Å². The van der Waals surface area contributed by atoms with Crippen molar-refractivity contribution in [2.75, 3.05) is 38.7 Å². The molecule has 1 saturated heterocycles. The number of benzene rings is 1. The van der Waals surface area contributed by atoms with E-state index in [9.17, 15) is 4.79 Å². The van der Waals surface area contributed by atoms with Gasteiger partial charge in [-0.25, -0.2) is 4.98 Å². The smallest absolute Gasteiger partial charge is 0.262 e. The Morgan fingerprint density at radius 1 is 1.11 bits per heavy atom. The Bertz CT molecular complexity index is 741. The summed E-state index contributed by atoms with van der Waals surface area (Å²) in [4.78, 5) is 18.6. The van der Waals surface area contributed by atoms with Gasteiger partial charge in [-0.1, -0.05) is 0 Å². The number of pyridine rings is 1. The number of hydrogen-bond acceptors (Lipinski definition) is 6. The number of amides is 1. The van der Waals surface area contributed by atoms with Gasteiger partial charge in [-0.15, -0.1) is 0 Å². The molecule has 1 N–H and O–H groups in total. The van der Waals surface area contributed by atoms with Crippen molar-refractivity contribution in [3.05, 3.63) is 42.6 Å². The molecular weight excluding hydrogens is 358 g/mol. The van der Waals surface area contributed by atoms with Crippen molar-refractivity contribution in [3.8, 4) is 17.4 Å². The van der Waals surface area contributed by atoms with Crippen molar-refractivity contribution in [1.29, 1.82) is 0 Å². The molecule has 0 radical (unpaired) electrons. The lowest BCUT2D eigenvalue weighted by Gasteiger charge is -2.28. The number of likely N-dealkylation sites (tertiary alicyclic amines) is 1. The summed E-state index contributed by atoms with van der Waals surface area (Å²) < 4.78 is 16.8. The summed E-state index contributed by atoms with van der Waals surface area (Å²) >= 11 is 0. The number of anilines is 1. The van der Waals surface area contributed by atoms with Crippen molar-refractivity contribution in [2.24, 2.45) is 0 Å². The highest BCUT2D eigenvalue weighted by molar-refractivity contribution is 5.91. The zero-order chi connectivity index (χ0) is 19.8. The molecule has 0 unspecified atom stereocenters. The van der Waals surface area contributed by atoms with E-state index in [0.717, 1.165) is 31.7 Å². The quantitative estimate of drug-likeness (QED) is 0.753. The number of hydrogen-bond donors (Lipinski definition) is 1. The van der Waals surface area contributed by atoms with E-state index in [0.29, 0.717) is 23.9 Å². The molecule has 0 spiro atoms. The maximum Gasteiger partial charge on any atom is 0.262 e. The number of ether oxygens (including phenoxy) is 3. The second-order valence-corrected chi connectivity index (χ2v) is 6.75. The van der Waals surface area contributed by atoms with Crippen molar-refractivity contribution < 1.29 is 19.0 Å². The lowest BCUT2D eigenvalue weighted by molar-refractivity contribution is -0.118. The molecule has 1 aliphatic heterocycles. The Balaban J connectivity index is 1.42. The maximum absolute atomic E-state index is 12.1. The fourth-order valence-electron chi connectivity index (χ4n) is 2.94. The first-order chi connectivity index (χ1) is 13.6. The van der Waals surface area contributed by atoms with Crippen molar-refractivity contribution in [2.45, 2.75) is 25.9 Å². The van der Waals surface area contributed by atoms with Crippen LogP contribution in [0.15, 0.2) is 42.6 Å². The molecule has 0 bridgehead atoms. The van der Waals surface area contributed by atoms with E-state index >= 15 is 0 Å². The first kappa shape index (κ1) is 19.9. The molecule has 0 saturated carbocycles. The molecule has 150 valence electrons. The van der Waals surface area contributed by atoms with Crippen LogP contribution in [0.5, 0.6) is 17.4 Å². The van der Waals surface area contributed by atoms with Gasteiger partial charge >= 0.3 is 0 Å². The molecule has 7 heteroatoms. The van der Waals surface area contributed by atoms with Gasteiger partial charge in [0.1, 0.15) is 17.6 Å². The van der Waals surface area contributed by atoms with Crippen molar-refractivity contribution in [3.63, 3.8) is 0 Å². The standard InChI is InChI=1S/C21H27N3O4/c1-3-26-17-5-7-18(8-6-17)27-15-20(25)23-16-4-9-21(22-14-16)28-19-10-12-24(2)13-11-19/h4-9,14,19H,3,10-13,15H2,1-2H3,(H,23,25). The van der Waals surface area contributed by atoms with Gasteiger partial charge in [0, 0.05) is 19.2 Å². The predicted molar refractivity (Wildman–Crippen MR) is 107 cm³/mol. The van der Waals surface area contributed by atoms with E-state index < -0.39 is 0 Å². The second kappa shape index (κ2) is 9.94. The highest BCUT2D eigenvalue weighted by Gasteiger charge is 2.18. The summed E-state index contributed by atoms with van der Waals surface area (Å²) in [5.74, 6) is 1.71. The molecule has 1 aromatic heterocycles. The molecule has 0 atom stereocenters. The van der Waals surface area contributed by atoms with Gasteiger partial charge in [-0.2, -0.15) is 0 Å². The van der Waals surface area contributed by atoms with Crippen LogP contribution in [0.3, 0.4) is 0 Å². The molecule has 2 aromatic rings. The molecule has 2 heterocycles. The highest BCUT2D eigenvalue weighted by atomic mass is 16.5. The van der Waals surface area contributed by atoms with Crippen LogP contribution >= 0.6 is 0 Å². The van der Waals surface area contributed by atoms with Crippen LogP contribution in [-0.4, -0.2) is 55.2 Å². The van der Waals surface area contributed by atoms with Crippen LogP contribution in [0, 0.1) is 0 Å². The number of carbonyl (C=O) groups is 1. The summed E-state index contributed by atoms with van der Waals surface area (Å²) in [6.45, 7) is 4.53. The molecule has 7 nitrogen and oxygen atoms in total. The average Bonchev–Trinajstić information content (AvgIpc) is 2.71. The van der Waals surface area contributed by atoms with Gasteiger partial charge in [0.2, 0.25) is 5.88 Å². The van der Waals surface area contributed by atoms with Crippen LogP contribution in [0.1, 0.15) is 19.8 Å². The van der Waals surface area contributed by atoms with E-state index in [-0.39, 0.29) is 18.6 Å². The monoisotopic (exact) mass is 385 g/mol. The summed E-state index contributed by atoms with van der Waals surface area (Å²) in [5.41, 5.74) is 0.607. The van der Waals surface area contributed by atoms with Crippen molar-refractivity contribution in [1.82, 2.24) is 9.88 Å². The van der Waals surface area contributed by atoms with Crippen LogP contribution in [0.2, 0.25) is 0 Å². The number of piperidine rings is 1. The molecule has 1 aliphatic rings. The van der Waals surface area contributed by atoms with Crippen LogP contribution in [0.25, 0.3) is 0 Å². The summed E-state index contributed by atoms with van der Waals surface area (Å²) in [6.07, 6.45) is 3.80. The van der Waals surface area contributed by atoms with Gasteiger partial charge in [0.05, 0.1) is 18.5 Å². The molecule has 28 heavy (non-hydrogen) atoms. The fraction of sp³-hybridized carbons (Fsp3) is 0.429. The normalized spacial score (nSPS) is 15.1. The number of nitrogens with zero attached hydrogens (tertiary/aromatic N) is 2. The topological polar surface area (TPSA) is 72.9 Å². The summed E-state index contributed by atoms with van der Waals surface area (Å²) in [7, 11) is 2.12. The molecule has 1 amide bonds. The van der Waals surface area contributed by atoms with Crippen LogP contribution in [0.4, 0.5) is 5.69 Å². The lowest BCUT2D eigenvalue weighted by Crippen LogP contribution is -2.35. The van der Waals surface area contributed by atoms with E-state index in [2.05, 4.69) is 22.2 Å². The SMILES string of the molecule is CCOc1ccc(OCC(=O)Nc2ccc(OC3CCN(C)CC3)nc2)cc1. The lowest BCUT2D eigenvalue weighted by atomic mass is 10.1. The van der Waals surface area contributed by atoms with E-state index in [1.165, 1.54) is 0 Å². The zero-order valence-electron chi connectivity index (χ0n) is 16.4. The fourth-order valence-corrected chi connectivity index (χ4v) is 2.94. The Kier molecular flexibility index (Phi) is 7.08. The number of aromatic nitrogens is 1. The number of nitrogens with one attached hydrogen (secondary N) is 1. The molecular formula is C21H27N3O4. The summed E-state index contributed by atoms with van der Waals surface area (Å²) in [5, 5.41) is 2.77. The first-order valence-corrected chi connectivity index (χ1v) is 9.59. The molecule has 1 aromatic carbocycles. The minimum absolute atomic E-state index is 0.0815. The van der Waals surface area contributed by atoms with E-state index in [1.54, 1.807) is 30.5 Å².